The fourth-order valence-corrected chi connectivity index (χ4v) is 4.30. The van der Waals surface area contributed by atoms with Gasteiger partial charge in [0.15, 0.2) is 17.0 Å². The summed E-state index contributed by atoms with van der Waals surface area (Å²) in [5, 5.41) is 6.45. The van der Waals surface area contributed by atoms with Crippen molar-refractivity contribution in [1.82, 2.24) is 0 Å². The Hall–Kier alpha value is -4.59. The standard InChI is InChI=1S/C31H34N4O4/c32-30(35-33)29-21-27(36)26-20-24(15-18-28(26)39-29)34-31(37)23-13-16-25(17-14-23)38-19-9-4-2-1-3-6-10-22-11-7-5-8-12-22/h5,7-8,11-18,20-21H,1-4,6,9-10,19,33H2,(H2,32,35)(H,34,37). The van der Waals surface area contributed by atoms with Crippen LogP contribution in [0.3, 0.4) is 0 Å². The van der Waals surface area contributed by atoms with E-state index in [1.807, 2.05) is 0 Å². The SMILES string of the molecule is NN=C(N)c1cc(=O)c2cc(NC(=O)c3ccc(OCCCCCCCCc4ccccc4)cc3)ccc2o1. The number of nitrogens with zero attached hydrogens (tertiary/aromatic N) is 1. The van der Waals surface area contributed by atoms with Gasteiger partial charge in [-0.3, -0.25) is 9.59 Å². The van der Waals surface area contributed by atoms with E-state index in [0.29, 0.717) is 28.8 Å². The Balaban J connectivity index is 1.18. The van der Waals surface area contributed by atoms with Crippen LogP contribution in [0.4, 0.5) is 5.69 Å². The van der Waals surface area contributed by atoms with Crippen molar-refractivity contribution in [3.63, 3.8) is 0 Å². The Morgan fingerprint density at radius 1 is 0.872 bits per heavy atom. The van der Waals surface area contributed by atoms with Gasteiger partial charge in [0.25, 0.3) is 5.91 Å². The maximum Gasteiger partial charge on any atom is 0.255 e. The van der Waals surface area contributed by atoms with Gasteiger partial charge in [0.05, 0.1) is 12.0 Å². The normalized spacial score (nSPS) is 11.4. The molecule has 0 unspecified atom stereocenters. The van der Waals surface area contributed by atoms with Crippen molar-refractivity contribution in [2.45, 2.75) is 44.9 Å². The van der Waals surface area contributed by atoms with Crippen molar-refractivity contribution < 1.29 is 13.9 Å². The molecule has 4 rings (SSSR count). The second kappa shape index (κ2) is 13.8. The van der Waals surface area contributed by atoms with Gasteiger partial charge >= 0.3 is 0 Å². The zero-order valence-corrected chi connectivity index (χ0v) is 21.9. The van der Waals surface area contributed by atoms with Crippen LogP contribution in [-0.4, -0.2) is 18.3 Å². The minimum absolute atomic E-state index is 0.0797. The highest BCUT2D eigenvalue weighted by atomic mass is 16.5. The van der Waals surface area contributed by atoms with E-state index in [-0.39, 0.29) is 22.9 Å². The van der Waals surface area contributed by atoms with Crippen LogP contribution in [0.2, 0.25) is 0 Å². The van der Waals surface area contributed by atoms with Crippen LogP contribution in [0.15, 0.2) is 93.2 Å². The topological polar surface area (TPSA) is 133 Å². The predicted molar refractivity (Wildman–Crippen MR) is 155 cm³/mol. The lowest BCUT2D eigenvalue weighted by atomic mass is 10.1. The summed E-state index contributed by atoms with van der Waals surface area (Å²) in [7, 11) is 0. The number of unbranched alkanes of at least 4 members (excludes halogenated alkanes) is 5. The third-order valence-corrected chi connectivity index (χ3v) is 6.46. The lowest BCUT2D eigenvalue weighted by Gasteiger charge is -2.09. The summed E-state index contributed by atoms with van der Waals surface area (Å²) >= 11 is 0. The van der Waals surface area contributed by atoms with Crippen LogP contribution in [0.1, 0.15) is 60.2 Å². The van der Waals surface area contributed by atoms with Crippen LogP contribution >= 0.6 is 0 Å². The van der Waals surface area contributed by atoms with Crippen molar-refractivity contribution in [2.75, 3.05) is 11.9 Å². The summed E-state index contributed by atoms with van der Waals surface area (Å²) < 4.78 is 11.4. The Bertz CT molecular complexity index is 1460. The monoisotopic (exact) mass is 526 g/mol. The van der Waals surface area contributed by atoms with Gasteiger partial charge in [-0.05, 0) is 67.3 Å². The predicted octanol–water partition coefficient (Wildman–Crippen LogP) is 5.59. The molecule has 0 bridgehead atoms. The van der Waals surface area contributed by atoms with Crippen molar-refractivity contribution in [1.29, 1.82) is 0 Å². The highest BCUT2D eigenvalue weighted by Crippen LogP contribution is 2.20. The molecular formula is C31H34N4O4. The lowest BCUT2D eigenvalue weighted by molar-refractivity contribution is 0.102. The Labute approximate surface area is 227 Å². The van der Waals surface area contributed by atoms with Crippen LogP contribution in [0, 0.1) is 0 Å². The largest absolute Gasteiger partial charge is 0.494 e. The van der Waals surface area contributed by atoms with Crippen molar-refractivity contribution in [3.8, 4) is 5.75 Å². The van der Waals surface area contributed by atoms with E-state index in [2.05, 4.69) is 40.8 Å². The second-order valence-electron chi connectivity index (χ2n) is 9.38. The maximum absolute atomic E-state index is 12.7. The first-order chi connectivity index (χ1) is 19.0. The molecule has 1 aromatic heterocycles. The van der Waals surface area contributed by atoms with Gasteiger partial charge in [-0.25, -0.2) is 0 Å². The van der Waals surface area contributed by atoms with E-state index < -0.39 is 0 Å². The highest BCUT2D eigenvalue weighted by Gasteiger charge is 2.11. The first-order valence-corrected chi connectivity index (χ1v) is 13.2. The van der Waals surface area contributed by atoms with Gasteiger partial charge < -0.3 is 26.0 Å². The molecule has 0 saturated carbocycles. The summed E-state index contributed by atoms with van der Waals surface area (Å²) in [5.74, 6) is 5.60. The molecule has 8 heteroatoms. The van der Waals surface area contributed by atoms with Gasteiger partial charge in [0.2, 0.25) is 0 Å². The first kappa shape index (κ1) is 27.4. The third kappa shape index (κ3) is 7.95. The number of hydrogen-bond donors (Lipinski definition) is 3. The number of benzene rings is 3. The quantitative estimate of drug-likeness (QED) is 0.0684. The van der Waals surface area contributed by atoms with Gasteiger partial charge in [-0.2, -0.15) is 5.10 Å². The van der Waals surface area contributed by atoms with E-state index in [4.69, 9.17) is 20.7 Å². The Morgan fingerprint density at radius 3 is 2.33 bits per heavy atom. The lowest BCUT2D eigenvalue weighted by Crippen LogP contribution is -2.18. The van der Waals surface area contributed by atoms with Crippen LogP contribution in [-0.2, 0) is 6.42 Å². The van der Waals surface area contributed by atoms with E-state index >= 15 is 0 Å². The fourth-order valence-electron chi connectivity index (χ4n) is 4.30. The Morgan fingerprint density at radius 2 is 1.59 bits per heavy atom. The van der Waals surface area contributed by atoms with E-state index in [9.17, 15) is 9.59 Å². The number of nitrogens with one attached hydrogen (secondary N) is 1. The van der Waals surface area contributed by atoms with Gasteiger partial charge in [-0.15, -0.1) is 0 Å². The molecule has 5 N–H and O–H groups in total. The first-order valence-electron chi connectivity index (χ1n) is 13.2. The average molecular weight is 527 g/mol. The molecule has 39 heavy (non-hydrogen) atoms. The van der Waals surface area contributed by atoms with Crippen molar-refractivity contribution >= 4 is 28.4 Å². The minimum Gasteiger partial charge on any atom is -0.494 e. The molecule has 0 aliphatic carbocycles. The molecule has 0 saturated heterocycles. The van der Waals surface area contributed by atoms with Crippen LogP contribution in [0.5, 0.6) is 5.75 Å². The number of amidine groups is 1. The molecule has 8 nitrogen and oxygen atoms in total. The van der Waals surface area contributed by atoms with Gasteiger partial charge in [0, 0.05) is 17.3 Å². The smallest absolute Gasteiger partial charge is 0.255 e. The van der Waals surface area contributed by atoms with E-state index in [1.54, 1.807) is 42.5 Å². The number of anilines is 1. The van der Waals surface area contributed by atoms with Crippen LogP contribution in [0.25, 0.3) is 11.0 Å². The molecule has 202 valence electrons. The van der Waals surface area contributed by atoms with Crippen LogP contribution < -0.4 is 27.1 Å². The highest BCUT2D eigenvalue weighted by molar-refractivity contribution is 6.05. The third-order valence-electron chi connectivity index (χ3n) is 6.46. The summed E-state index contributed by atoms with van der Waals surface area (Å²) in [5.41, 5.74) is 7.98. The number of fused-ring (bicyclic) bond motifs is 1. The molecule has 1 amide bonds. The minimum atomic E-state index is -0.321. The molecule has 0 aliphatic rings. The molecule has 3 aromatic carbocycles. The zero-order valence-electron chi connectivity index (χ0n) is 21.9. The van der Waals surface area contributed by atoms with Crippen molar-refractivity contribution in [2.24, 2.45) is 16.7 Å². The average Bonchev–Trinajstić information content (AvgIpc) is 2.97. The molecule has 0 atom stereocenters. The molecule has 0 radical (unpaired) electrons. The number of rotatable bonds is 13. The van der Waals surface area contributed by atoms with E-state index in [1.165, 1.54) is 37.3 Å². The van der Waals surface area contributed by atoms with Gasteiger partial charge in [-0.1, -0.05) is 56.0 Å². The number of ether oxygens (including phenoxy) is 1. The summed E-state index contributed by atoms with van der Waals surface area (Å²) in [6.07, 6.45) is 8.25. The number of hydrazone groups is 1. The maximum atomic E-state index is 12.7. The molecule has 4 aromatic rings. The molecule has 1 heterocycles. The number of amides is 1. The summed E-state index contributed by atoms with van der Waals surface area (Å²) in [6.45, 7) is 0.653. The number of carbonyl (C=O) groups excluding carboxylic acids is 1. The molecule has 0 fully saturated rings. The molecule has 0 spiro atoms. The van der Waals surface area contributed by atoms with Crippen molar-refractivity contribution in [3.05, 3.63) is 106 Å². The number of aryl methyl sites for hydroxylation is 1. The van der Waals surface area contributed by atoms with E-state index in [0.717, 1.165) is 25.0 Å². The number of carbonyl (C=O) groups is 1. The zero-order chi connectivity index (χ0) is 27.5. The second-order valence-corrected chi connectivity index (χ2v) is 9.38. The fraction of sp³-hybridized carbons (Fsp3) is 0.258. The number of hydrogen-bond acceptors (Lipinski definition) is 6. The molecule has 0 aliphatic heterocycles. The Kier molecular flexibility index (Phi) is 9.72. The molecular weight excluding hydrogens is 492 g/mol. The summed E-state index contributed by atoms with van der Waals surface area (Å²) in [4.78, 5) is 25.2. The summed E-state index contributed by atoms with van der Waals surface area (Å²) in [6, 6.07) is 23.6. The van der Waals surface area contributed by atoms with Gasteiger partial charge in [0.1, 0.15) is 11.3 Å². The number of nitrogens with two attached hydrogens (primary N) is 2.